The maximum absolute atomic E-state index is 11.2. The lowest BCUT2D eigenvalue weighted by Gasteiger charge is -2.12. The molecule has 2 amide bonds. The van der Waals surface area contributed by atoms with Crippen LogP contribution in [0.4, 0.5) is 4.79 Å². The molecular formula is C10H19N5O. The van der Waals surface area contributed by atoms with Crippen molar-refractivity contribution in [2.75, 3.05) is 27.2 Å². The maximum atomic E-state index is 11.2. The summed E-state index contributed by atoms with van der Waals surface area (Å²) in [6, 6.07) is -0.0673. The van der Waals surface area contributed by atoms with Gasteiger partial charge in [0, 0.05) is 47.0 Å². The summed E-state index contributed by atoms with van der Waals surface area (Å²) in [5.74, 6) is 0. The first-order valence-corrected chi connectivity index (χ1v) is 5.22. The zero-order valence-electron chi connectivity index (χ0n) is 10.0. The van der Waals surface area contributed by atoms with Crippen LogP contribution < -0.4 is 10.6 Å². The van der Waals surface area contributed by atoms with Gasteiger partial charge in [0.25, 0.3) is 0 Å². The van der Waals surface area contributed by atoms with Crippen LogP contribution in [0.3, 0.4) is 0 Å². The molecule has 1 aromatic rings. The van der Waals surface area contributed by atoms with Gasteiger partial charge in [0.2, 0.25) is 0 Å². The third-order valence-electron chi connectivity index (χ3n) is 2.21. The van der Waals surface area contributed by atoms with Crippen molar-refractivity contribution < 1.29 is 4.79 Å². The molecule has 0 fully saturated rings. The van der Waals surface area contributed by atoms with E-state index in [9.17, 15) is 4.79 Å². The quantitative estimate of drug-likeness (QED) is 0.681. The highest BCUT2D eigenvalue weighted by Crippen LogP contribution is 1.93. The number of amides is 2. The second-order valence-corrected chi connectivity index (χ2v) is 3.80. The van der Waals surface area contributed by atoms with E-state index in [4.69, 9.17) is 0 Å². The molecule has 0 radical (unpaired) electrons. The van der Waals surface area contributed by atoms with Crippen molar-refractivity contribution >= 4 is 6.03 Å². The molecular weight excluding hydrogens is 206 g/mol. The van der Waals surface area contributed by atoms with Gasteiger partial charge in [-0.05, 0) is 0 Å². The second-order valence-electron chi connectivity index (χ2n) is 3.80. The van der Waals surface area contributed by atoms with Crippen LogP contribution in [0, 0.1) is 0 Å². The Bertz CT molecular complexity index is 334. The highest BCUT2D eigenvalue weighted by Gasteiger charge is 2.01. The number of carbonyl (C=O) groups is 1. The lowest BCUT2D eigenvalue weighted by Crippen LogP contribution is -2.38. The Kier molecular flexibility index (Phi) is 4.78. The number of hydrogen-bond acceptors (Lipinski definition) is 3. The van der Waals surface area contributed by atoms with Gasteiger partial charge in [-0.15, -0.1) is 0 Å². The Morgan fingerprint density at radius 2 is 2.25 bits per heavy atom. The third kappa shape index (κ3) is 3.90. The van der Waals surface area contributed by atoms with E-state index in [0.717, 1.165) is 18.8 Å². The molecule has 1 rings (SSSR count). The molecule has 0 atom stereocenters. The van der Waals surface area contributed by atoms with Crippen molar-refractivity contribution in [1.82, 2.24) is 25.1 Å². The van der Waals surface area contributed by atoms with Gasteiger partial charge in [-0.2, -0.15) is 0 Å². The summed E-state index contributed by atoms with van der Waals surface area (Å²) in [6.45, 7) is 2.12. The lowest BCUT2D eigenvalue weighted by atomic mass is 10.4. The molecule has 0 aliphatic carbocycles. The zero-order valence-corrected chi connectivity index (χ0v) is 10.0. The highest BCUT2D eigenvalue weighted by atomic mass is 16.2. The monoisotopic (exact) mass is 225 g/mol. The molecule has 90 valence electrons. The first-order valence-electron chi connectivity index (χ1n) is 5.22. The molecule has 16 heavy (non-hydrogen) atoms. The third-order valence-corrected chi connectivity index (χ3v) is 2.21. The van der Waals surface area contributed by atoms with Gasteiger partial charge in [-0.25, -0.2) is 9.78 Å². The first kappa shape index (κ1) is 12.5. The molecule has 0 unspecified atom stereocenters. The van der Waals surface area contributed by atoms with Gasteiger partial charge in [-0.1, -0.05) is 0 Å². The van der Waals surface area contributed by atoms with Crippen LogP contribution in [0.15, 0.2) is 12.5 Å². The van der Waals surface area contributed by atoms with Crippen molar-refractivity contribution in [2.45, 2.75) is 6.54 Å². The molecule has 0 bridgehead atoms. The van der Waals surface area contributed by atoms with Crippen LogP contribution in [0.5, 0.6) is 0 Å². The smallest absolute Gasteiger partial charge is 0.316 e. The largest absolute Gasteiger partial charge is 0.337 e. The second kappa shape index (κ2) is 6.12. The van der Waals surface area contributed by atoms with E-state index in [0.29, 0.717) is 6.54 Å². The van der Waals surface area contributed by atoms with Crippen molar-refractivity contribution in [3.8, 4) is 0 Å². The molecule has 2 N–H and O–H groups in total. The van der Waals surface area contributed by atoms with Gasteiger partial charge in [0.15, 0.2) is 0 Å². The normalized spacial score (nSPS) is 10.2. The number of rotatable bonds is 5. The number of imidazole rings is 1. The number of nitrogens with zero attached hydrogens (tertiary/aromatic N) is 3. The number of nitrogens with one attached hydrogen (secondary N) is 2. The molecule has 0 saturated carbocycles. The van der Waals surface area contributed by atoms with Crippen molar-refractivity contribution in [1.29, 1.82) is 0 Å². The minimum absolute atomic E-state index is 0.0673. The SMILES string of the molecule is CN(C)C(=O)NCCNCc1cncn1C. The Morgan fingerprint density at radius 3 is 2.81 bits per heavy atom. The maximum Gasteiger partial charge on any atom is 0.316 e. The fraction of sp³-hybridized carbons (Fsp3) is 0.600. The van der Waals surface area contributed by atoms with Gasteiger partial charge in [0.1, 0.15) is 0 Å². The van der Waals surface area contributed by atoms with Crippen LogP contribution in [-0.4, -0.2) is 47.7 Å². The highest BCUT2D eigenvalue weighted by molar-refractivity contribution is 5.73. The van der Waals surface area contributed by atoms with Gasteiger partial charge < -0.3 is 20.1 Å². The number of aromatic nitrogens is 2. The Balaban J connectivity index is 2.09. The Morgan fingerprint density at radius 1 is 1.50 bits per heavy atom. The van der Waals surface area contributed by atoms with E-state index in [-0.39, 0.29) is 6.03 Å². The van der Waals surface area contributed by atoms with Gasteiger partial charge in [0.05, 0.1) is 12.0 Å². The summed E-state index contributed by atoms with van der Waals surface area (Å²) < 4.78 is 1.96. The fourth-order valence-corrected chi connectivity index (χ4v) is 1.19. The predicted molar refractivity (Wildman–Crippen MR) is 62.0 cm³/mol. The van der Waals surface area contributed by atoms with Crippen LogP contribution in [0.25, 0.3) is 0 Å². The summed E-state index contributed by atoms with van der Waals surface area (Å²) in [7, 11) is 5.40. The van der Waals surface area contributed by atoms with E-state index >= 15 is 0 Å². The average Bonchev–Trinajstić information content (AvgIpc) is 2.63. The topological polar surface area (TPSA) is 62.2 Å². The van der Waals surface area contributed by atoms with Gasteiger partial charge >= 0.3 is 6.03 Å². The first-order chi connectivity index (χ1) is 7.61. The van der Waals surface area contributed by atoms with Crippen LogP contribution in [0.1, 0.15) is 5.69 Å². The molecule has 0 aromatic carbocycles. The van der Waals surface area contributed by atoms with Crippen LogP contribution >= 0.6 is 0 Å². The molecule has 0 saturated heterocycles. The van der Waals surface area contributed by atoms with E-state index in [1.807, 2.05) is 17.8 Å². The van der Waals surface area contributed by atoms with E-state index in [1.54, 1.807) is 20.4 Å². The summed E-state index contributed by atoms with van der Waals surface area (Å²) in [5.41, 5.74) is 1.12. The predicted octanol–water partition coefficient (Wildman–Crippen LogP) is -0.219. The standard InChI is InChI=1S/C10H19N5O/c1-14(2)10(16)13-5-4-11-6-9-7-12-8-15(9)3/h7-8,11H,4-6H2,1-3H3,(H,13,16). The average molecular weight is 225 g/mol. The molecule has 6 heteroatoms. The molecule has 0 spiro atoms. The Labute approximate surface area is 95.6 Å². The van der Waals surface area contributed by atoms with Crippen molar-refractivity contribution in [3.63, 3.8) is 0 Å². The summed E-state index contributed by atoms with van der Waals surface area (Å²) in [6.07, 6.45) is 3.59. The van der Waals surface area contributed by atoms with E-state index in [1.165, 1.54) is 4.90 Å². The molecule has 1 heterocycles. The molecule has 0 aliphatic rings. The molecule has 1 aromatic heterocycles. The summed E-state index contributed by atoms with van der Waals surface area (Å²) in [5, 5.41) is 6.01. The number of hydrogen-bond donors (Lipinski definition) is 2. The minimum Gasteiger partial charge on any atom is -0.337 e. The minimum atomic E-state index is -0.0673. The van der Waals surface area contributed by atoms with Gasteiger partial charge in [-0.3, -0.25) is 0 Å². The molecule has 6 nitrogen and oxygen atoms in total. The van der Waals surface area contributed by atoms with Crippen molar-refractivity contribution in [2.24, 2.45) is 7.05 Å². The number of carbonyl (C=O) groups excluding carboxylic acids is 1. The fourth-order valence-electron chi connectivity index (χ4n) is 1.19. The summed E-state index contributed by atoms with van der Waals surface area (Å²) >= 11 is 0. The van der Waals surface area contributed by atoms with Crippen LogP contribution in [0.2, 0.25) is 0 Å². The van der Waals surface area contributed by atoms with E-state index < -0.39 is 0 Å². The van der Waals surface area contributed by atoms with Crippen LogP contribution in [-0.2, 0) is 13.6 Å². The van der Waals surface area contributed by atoms with Crippen molar-refractivity contribution in [3.05, 3.63) is 18.2 Å². The number of aryl methyl sites for hydroxylation is 1. The Hall–Kier alpha value is -1.56. The number of urea groups is 1. The molecule has 0 aliphatic heterocycles. The lowest BCUT2D eigenvalue weighted by molar-refractivity contribution is 0.217. The van der Waals surface area contributed by atoms with E-state index in [2.05, 4.69) is 15.6 Å². The summed E-state index contributed by atoms with van der Waals surface area (Å²) in [4.78, 5) is 16.7. The zero-order chi connectivity index (χ0) is 12.0.